The van der Waals surface area contributed by atoms with Crippen molar-refractivity contribution in [2.45, 2.75) is 39.4 Å². The average Bonchev–Trinajstić information content (AvgIpc) is 2.85. The number of oxazole rings is 1. The molecule has 2 rings (SSSR count). The van der Waals surface area contributed by atoms with E-state index in [0.29, 0.717) is 18.2 Å². The highest BCUT2D eigenvalue weighted by Gasteiger charge is 2.20. The Labute approximate surface area is 113 Å². The van der Waals surface area contributed by atoms with Crippen LogP contribution in [-0.4, -0.2) is 10.1 Å². The van der Waals surface area contributed by atoms with Gasteiger partial charge in [-0.15, -0.1) is 0 Å². The lowest BCUT2D eigenvalue weighted by Gasteiger charge is -2.11. The lowest BCUT2D eigenvalue weighted by atomic mass is 9.97. The summed E-state index contributed by atoms with van der Waals surface area (Å²) in [7, 11) is 0. The monoisotopic (exact) mass is 261 g/mol. The fourth-order valence-corrected chi connectivity index (χ4v) is 1.61. The fraction of sp³-hybridized carbons (Fsp3) is 0.400. The van der Waals surface area contributed by atoms with Gasteiger partial charge in [0, 0.05) is 5.41 Å². The van der Waals surface area contributed by atoms with E-state index >= 15 is 0 Å². The van der Waals surface area contributed by atoms with Crippen LogP contribution in [0, 0.1) is 0 Å². The Morgan fingerprint density at radius 2 is 2.11 bits per heavy atom. The summed E-state index contributed by atoms with van der Waals surface area (Å²) in [4.78, 5) is 4.40. The number of aliphatic hydroxyl groups excluding tert-OH is 1. The molecule has 4 nitrogen and oxygen atoms in total. The van der Waals surface area contributed by atoms with Gasteiger partial charge in [-0.25, -0.2) is 4.98 Å². The molecule has 0 amide bonds. The minimum atomic E-state index is -0.102. The molecule has 0 radical (unpaired) electrons. The molecule has 0 bridgehead atoms. The molecule has 1 heterocycles. The zero-order chi connectivity index (χ0) is 13.9. The van der Waals surface area contributed by atoms with Crippen LogP contribution in [0.5, 0.6) is 5.75 Å². The van der Waals surface area contributed by atoms with Crippen molar-refractivity contribution in [1.82, 2.24) is 4.98 Å². The number of aromatic nitrogens is 1. The molecular weight excluding hydrogens is 242 g/mol. The first-order chi connectivity index (χ1) is 8.99. The Hall–Kier alpha value is -1.81. The molecule has 102 valence electrons. The molecule has 4 heteroatoms. The third kappa shape index (κ3) is 3.58. The molecule has 2 aromatic rings. The van der Waals surface area contributed by atoms with Gasteiger partial charge in [0.2, 0.25) is 0 Å². The van der Waals surface area contributed by atoms with E-state index in [2.05, 4.69) is 4.98 Å². The van der Waals surface area contributed by atoms with Crippen LogP contribution in [0.1, 0.15) is 37.9 Å². The highest BCUT2D eigenvalue weighted by Crippen LogP contribution is 2.22. The predicted octanol–water partition coefficient (Wildman–Crippen LogP) is 3.04. The second-order valence-electron chi connectivity index (χ2n) is 5.49. The number of ether oxygens (including phenoxy) is 1. The van der Waals surface area contributed by atoms with Gasteiger partial charge in [-0.3, -0.25) is 0 Å². The van der Waals surface area contributed by atoms with E-state index in [1.54, 1.807) is 6.26 Å². The summed E-state index contributed by atoms with van der Waals surface area (Å²) in [6.07, 6.45) is 1.62. The molecule has 0 spiro atoms. The van der Waals surface area contributed by atoms with E-state index < -0.39 is 0 Å². The Kier molecular flexibility index (Phi) is 3.90. The molecule has 1 aromatic heterocycles. The van der Waals surface area contributed by atoms with Gasteiger partial charge in [-0.05, 0) is 17.7 Å². The maximum absolute atomic E-state index is 9.06. The lowest BCUT2D eigenvalue weighted by Crippen LogP contribution is -2.11. The van der Waals surface area contributed by atoms with Crippen molar-refractivity contribution in [3.63, 3.8) is 0 Å². The molecule has 1 aromatic carbocycles. The highest BCUT2D eigenvalue weighted by molar-refractivity contribution is 5.28. The quantitative estimate of drug-likeness (QED) is 0.919. The van der Waals surface area contributed by atoms with Crippen LogP contribution in [-0.2, 0) is 18.6 Å². The van der Waals surface area contributed by atoms with Crippen LogP contribution in [0.15, 0.2) is 34.9 Å². The van der Waals surface area contributed by atoms with Gasteiger partial charge in [-0.1, -0.05) is 32.9 Å². The Bertz CT molecular complexity index is 540. The summed E-state index contributed by atoms with van der Waals surface area (Å²) < 4.78 is 11.1. The van der Waals surface area contributed by atoms with Gasteiger partial charge >= 0.3 is 0 Å². The third-order valence-corrected chi connectivity index (χ3v) is 2.66. The smallest absolute Gasteiger partial charge is 0.199 e. The van der Waals surface area contributed by atoms with Gasteiger partial charge in [0.1, 0.15) is 24.3 Å². The van der Waals surface area contributed by atoms with Crippen molar-refractivity contribution in [2.75, 3.05) is 0 Å². The van der Waals surface area contributed by atoms with Crippen molar-refractivity contribution < 1.29 is 14.3 Å². The van der Waals surface area contributed by atoms with E-state index in [9.17, 15) is 0 Å². The SMILES string of the molecule is CC(C)(C)c1nc(COc2cccc(CO)c2)co1. The molecule has 0 atom stereocenters. The molecule has 1 N–H and O–H groups in total. The number of rotatable bonds is 4. The zero-order valence-corrected chi connectivity index (χ0v) is 11.5. The van der Waals surface area contributed by atoms with Crippen molar-refractivity contribution in [2.24, 2.45) is 0 Å². The van der Waals surface area contributed by atoms with Crippen molar-refractivity contribution >= 4 is 0 Å². The first-order valence-corrected chi connectivity index (χ1v) is 6.26. The maximum atomic E-state index is 9.06. The number of aliphatic hydroxyl groups is 1. The van der Waals surface area contributed by atoms with Gasteiger partial charge < -0.3 is 14.3 Å². The second kappa shape index (κ2) is 5.45. The molecule has 0 saturated carbocycles. The molecule has 0 saturated heterocycles. The largest absolute Gasteiger partial charge is 0.487 e. The van der Waals surface area contributed by atoms with Crippen LogP contribution >= 0.6 is 0 Å². The van der Waals surface area contributed by atoms with Gasteiger partial charge in [-0.2, -0.15) is 0 Å². The van der Waals surface area contributed by atoms with Crippen LogP contribution in [0.25, 0.3) is 0 Å². The first kappa shape index (κ1) is 13.6. The van der Waals surface area contributed by atoms with Crippen molar-refractivity contribution in [1.29, 1.82) is 0 Å². The summed E-state index contributed by atoms with van der Waals surface area (Å²) in [6, 6.07) is 7.36. The molecule has 19 heavy (non-hydrogen) atoms. The van der Waals surface area contributed by atoms with Crippen molar-refractivity contribution in [3.05, 3.63) is 47.7 Å². The lowest BCUT2D eigenvalue weighted by molar-refractivity contribution is 0.277. The summed E-state index contributed by atoms with van der Waals surface area (Å²) in [6.45, 7) is 6.51. The number of benzene rings is 1. The van der Waals surface area contributed by atoms with E-state index in [1.807, 2.05) is 45.0 Å². The van der Waals surface area contributed by atoms with E-state index in [4.69, 9.17) is 14.3 Å². The van der Waals surface area contributed by atoms with Crippen LogP contribution in [0.3, 0.4) is 0 Å². The highest BCUT2D eigenvalue weighted by atomic mass is 16.5. The minimum absolute atomic E-state index is 0.00926. The molecule has 0 aliphatic rings. The fourth-order valence-electron chi connectivity index (χ4n) is 1.61. The number of hydrogen-bond acceptors (Lipinski definition) is 4. The number of hydrogen-bond donors (Lipinski definition) is 1. The third-order valence-electron chi connectivity index (χ3n) is 2.66. The topological polar surface area (TPSA) is 55.5 Å². The van der Waals surface area contributed by atoms with E-state index in [-0.39, 0.29) is 12.0 Å². The molecule has 0 unspecified atom stereocenters. The Morgan fingerprint density at radius 1 is 1.32 bits per heavy atom. The van der Waals surface area contributed by atoms with Crippen LogP contribution in [0.4, 0.5) is 0 Å². The molecule has 0 fully saturated rings. The second-order valence-corrected chi connectivity index (χ2v) is 5.49. The Morgan fingerprint density at radius 3 is 2.74 bits per heavy atom. The molecular formula is C15H19NO3. The zero-order valence-electron chi connectivity index (χ0n) is 11.5. The predicted molar refractivity (Wildman–Crippen MR) is 71.9 cm³/mol. The maximum Gasteiger partial charge on any atom is 0.199 e. The normalized spacial score (nSPS) is 11.6. The van der Waals surface area contributed by atoms with E-state index in [1.165, 1.54) is 0 Å². The van der Waals surface area contributed by atoms with Gasteiger partial charge in [0.05, 0.1) is 6.61 Å². The number of nitrogens with zero attached hydrogens (tertiary/aromatic N) is 1. The van der Waals surface area contributed by atoms with E-state index in [0.717, 1.165) is 11.3 Å². The minimum Gasteiger partial charge on any atom is -0.487 e. The van der Waals surface area contributed by atoms with Gasteiger partial charge in [0.25, 0.3) is 0 Å². The molecule has 0 aliphatic heterocycles. The van der Waals surface area contributed by atoms with Crippen LogP contribution in [0.2, 0.25) is 0 Å². The van der Waals surface area contributed by atoms with Crippen molar-refractivity contribution in [3.8, 4) is 5.75 Å². The molecule has 0 aliphatic carbocycles. The summed E-state index contributed by atoms with van der Waals surface area (Å²) in [5, 5.41) is 9.06. The summed E-state index contributed by atoms with van der Waals surface area (Å²) >= 11 is 0. The average molecular weight is 261 g/mol. The standard InChI is InChI=1S/C15H19NO3/c1-15(2,3)14-16-12(10-19-14)9-18-13-6-4-5-11(7-13)8-17/h4-7,10,17H,8-9H2,1-3H3. The van der Waals surface area contributed by atoms with Crippen LogP contribution < -0.4 is 4.74 Å². The summed E-state index contributed by atoms with van der Waals surface area (Å²) in [5.41, 5.74) is 1.49. The first-order valence-electron chi connectivity index (χ1n) is 6.26. The van der Waals surface area contributed by atoms with Gasteiger partial charge in [0.15, 0.2) is 5.89 Å². The Balaban J connectivity index is 2.00. The summed E-state index contributed by atoms with van der Waals surface area (Å²) in [5.74, 6) is 1.42.